The van der Waals surface area contributed by atoms with Crippen LogP contribution in [0.5, 0.6) is 5.75 Å². The molecule has 1 aliphatic rings. The number of amides is 1. The number of benzene rings is 1. The van der Waals surface area contributed by atoms with Crippen molar-refractivity contribution in [2.45, 2.75) is 12.8 Å². The van der Waals surface area contributed by atoms with Crippen molar-refractivity contribution in [3.63, 3.8) is 0 Å². The number of ketones is 1. The molecule has 0 N–H and O–H groups in total. The second-order valence-electron chi connectivity index (χ2n) is 6.31. The molecule has 0 spiro atoms. The van der Waals surface area contributed by atoms with Gasteiger partial charge in [0.25, 0.3) is 0 Å². The molecule has 1 fully saturated rings. The van der Waals surface area contributed by atoms with Gasteiger partial charge in [-0.1, -0.05) is 6.07 Å². The summed E-state index contributed by atoms with van der Waals surface area (Å²) in [5.74, 6) is 0.826. The van der Waals surface area contributed by atoms with Crippen LogP contribution in [0.25, 0.3) is 6.08 Å². The SMILES string of the molecule is COc1ccc(C(=O)C2CCN(C(=O)/C=C/c3cccnc3)CC2)cc1. The van der Waals surface area contributed by atoms with Gasteiger partial charge in [0.2, 0.25) is 5.91 Å². The van der Waals surface area contributed by atoms with Crippen LogP contribution in [0.1, 0.15) is 28.8 Å². The van der Waals surface area contributed by atoms with Gasteiger partial charge in [-0.25, -0.2) is 0 Å². The number of hydrogen-bond acceptors (Lipinski definition) is 4. The Balaban J connectivity index is 1.54. The summed E-state index contributed by atoms with van der Waals surface area (Å²) in [6.07, 6.45) is 8.13. The van der Waals surface area contributed by atoms with Gasteiger partial charge in [0.15, 0.2) is 5.78 Å². The zero-order valence-electron chi connectivity index (χ0n) is 14.8. The van der Waals surface area contributed by atoms with Crippen LogP contribution in [0.2, 0.25) is 0 Å². The Bertz CT molecular complexity index is 777. The highest BCUT2D eigenvalue weighted by Crippen LogP contribution is 2.23. The fourth-order valence-corrected chi connectivity index (χ4v) is 3.10. The van der Waals surface area contributed by atoms with Crippen LogP contribution < -0.4 is 4.74 Å². The molecule has 1 aromatic carbocycles. The van der Waals surface area contributed by atoms with Crippen molar-refractivity contribution in [1.29, 1.82) is 0 Å². The molecule has 1 aromatic heterocycles. The van der Waals surface area contributed by atoms with Crippen LogP contribution in [0, 0.1) is 5.92 Å². The largest absolute Gasteiger partial charge is 0.497 e. The van der Waals surface area contributed by atoms with Gasteiger partial charge in [0.1, 0.15) is 5.75 Å². The van der Waals surface area contributed by atoms with Crippen molar-refractivity contribution >= 4 is 17.8 Å². The molecule has 0 bridgehead atoms. The van der Waals surface area contributed by atoms with Gasteiger partial charge >= 0.3 is 0 Å². The number of aromatic nitrogens is 1. The maximum Gasteiger partial charge on any atom is 0.246 e. The zero-order valence-corrected chi connectivity index (χ0v) is 14.8. The first-order valence-corrected chi connectivity index (χ1v) is 8.72. The predicted octanol–water partition coefficient (Wildman–Crippen LogP) is 3.22. The van der Waals surface area contributed by atoms with E-state index in [1.807, 2.05) is 12.1 Å². The standard InChI is InChI=1S/C21H22N2O3/c1-26-19-7-5-17(6-8-19)21(25)18-10-13-23(14-11-18)20(24)9-4-16-3-2-12-22-15-16/h2-9,12,15,18H,10-11,13-14H2,1H3/b9-4+. The van der Waals surface area contributed by atoms with E-state index in [1.54, 1.807) is 60.8 Å². The number of Topliss-reactive ketones (excluding diaryl/α,β-unsaturated/α-hetero) is 1. The minimum atomic E-state index is -0.0326. The third-order valence-electron chi connectivity index (χ3n) is 4.65. The molecule has 1 saturated heterocycles. The van der Waals surface area contributed by atoms with E-state index in [2.05, 4.69) is 4.98 Å². The van der Waals surface area contributed by atoms with Gasteiger partial charge in [-0.3, -0.25) is 14.6 Å². The van der Waals surface area contributed by atoms with E-state index in [0.717, 1.165) is 11.3 Å². The van der Waals surface area contributed by atoms with Crippen LogP contribution in [0.3, 0.4) is 0 Å². The second-order valence-corrected chi connectivity index (χ2v) is 6.31. The van der Waals surface area contributed by atoms with Crippen molar-refractivity contribution in [2.24, 2.45) is 5.92 Å². The summed E-state index contributed by atoms with van der Waals surface area (Å²) in [7, 11) is 1.60. The van der Waals surface area contributed by atoms with Crippen molar-refractivity contribution in [2.75, 3.05) is 20.2 Å². The zero-order chi connectivity index (χ0) is 18.4. The molecular weight excluding hydrogens is 328 g/mol. The first-order valence-electron chi connectivity index (χ1n) is 8.72. The molecule has 5 heteroatoms. The van der Waals surface area contributed by atoms with E-state index in [0.29, 0.717) is 31.5 Å². The number of ether oxygens (including phenoxy) is 1. The third kappa shape index (κ3) is 4.36. The minimum absolute atomic E-state index is 0.0239. The molecule has 1 amide bonds. The molecule has 2 aromatic rings. The summed E-state index contributed by atoms with van der Waals surface area (Å²) < 4.78 is 5.12. The maximum atomic E-state index is 12.6. The molecule has 2 heterocycles. The lowest BCUT2D eigenvalue weighted by atomic mass is 9.89. The lowest BCUT2D eigenvalue weighted by Gasteiger charge is -2.30. The Kier molecular flexibility index (Phi) is 5.79. The Hall–Kier alpha value is -2.95. The number of likely N-dealkylation sites (tertiary alicyclic amines) is 1. The third-order valence-corrected chi connectivity index (χ3v) is 4.65. The molecule has 26 heavy (non-hydrogen) atoms. The predicted molar refractivity (Wildman–Crippen MR) is 99.9 cm³/mol. The van der Waals surface area contributed by atoms with Crippen LogP contribution in [0.15, 0.2) is 54.9 Å². The summed E-state index contributed by atoms with van der Waals surface area (Å²) in [4.78, 5) is 30.7. The van der Waals surface area contributed by atoms with Gasteiger partial charge in [0, 0.05) is 43.0 Å². The normalized spacial score (nSPS) is 15.2. The van der Waals surface area contributed by atoms with Gasteiger partial charge in [-0.15, -0.1) is 0 Å². The molecule has 0 saturated carbocycles. The first kappa shape index (κ1) is 17.9. The van der Waals surface area contributed by atoms with Crippen LogP contribution in [0.4, 0.5) is 0 Å². The molecule has 0 unspecified atom stereocenters. The monoisotopic (exact) mass is 350 g/mol. The molecule has 134 valence electrons. The smallest absolute Gasteiger partial charge is 0.246 e. The van der Waals surface area contributed by atoms with Gasteiger partial charge in [-0.05, 0) is 54.8 Å². The van der Waals surface area contributed by atoms with Crippen LogP contribution in [-0.2, 0) is 4.79 Å². The van der Waals surface area contributed by atoms with Gasteiger partial charge in [0.05, 0.1) is 7.11 Å². The van der Waals surface area contributed by atoms with Crippen molar-refractivity contribution < 1.29 is 14.3 Å². The molecule has 1 aliphatic heterocycles. The van der Waals surface area contributed by atoms with E-state index >= 15 is 0 Å². The van der Waals surface area contributed by atoms with Gasteiger partial charge < -0.3 is 9.64 Å². The summed E-state index contributed by atoms with van der Waals surface area (Å²) in [5.41, 5.74) is 1.59. The topological polar surface area (TPSA) is 59.5 Å². The Morgan fingerprint density at radius 2 is 1.88 bits per heavy atom. The highest BCUT2D eigenvalue weighted by molar-refractivity contribution is 5.98. The molecule has 3 rings (SSSR count). The van der Waals surface area contributed by atoms with E-state index in [4.69, 9.17) is 4.74 Å². The number of piperidine rings is 1. The fourth-order valence-electron chi connectivity index (χ4n) is 3.10. The van der Waals surface area contributed by atoms with Crippen LogP contribution >= 0.6 is 0 Å². The molecule has 0 aliphatic carbocycles. The van der Waals surface area contributed by atoms with E-state index in [-0.39, 0.29) is 17.6 Å². The summed E-state index contributed by atoms with van der Waals surface area (Å²) in [6.45, 7) is 1.20. The number of pyridine rings is 1. The quantitative estimate of drug-likeness (QED) is 0.614. The number of carbonyl (C=O) groups excluding carboxylic acids is 2. The molecule has 5 nitrogen and oxygen atoms in total. The number of nitrogens with zero attached hydrogens (tertiary/aromatic N) is 2. The number of methoxy groups -OCH3 is 1. The Morgan fingerprint density at radius 1 is 1.15 bits per heavy atom. The van der Waals surface area contributed by atoms with E-state index < -0.39 is 0 Å². The summed E-state index contributed by atoms with van der Waals surface area (Å²) in [6, 6.07) is 10.9. The lowest BCUT2D eigenvalue weighted by molar-refractivity contribution is -0.127. The number of carbonyl (C=O) groups is 2. The van der Waals surface area contributed by atoms with E-state index in [1.165, 1.54) is 0 Å². The Morgan fingerprint density at radius 3 is 2.50 bits per heavy atom. The molecule has 0 radical (unpaired) electrons. The van der Waals surface area contributed by atoms with Gasteiger partial charge in [-0.2, -0.15) is 0 Å². The number of rotatable bonds is 5. The minimum Gasteiger partial charge on any atom is -0.497 e. The average Bonchev–Trinajstić information content (AvgIpc) is 2.72. The highest BCUT2D eigenvalue weighted by atomic mass is 16.5. The highest BCUT2D eigenvalue weighted by Gasteiger charge is 2.27. The van der Waals surface area contributed by atoms with Crippen LogP contribution in [-0.4, -0.2) is 41.8 Å². The lowest BCUT2D eigenvalue weighted by Crippen LogP contribution is -2.39. The number of hydrogen-bond donors (Lipinski definition) is 0. The molecule has 0 atom stereocenters. The summed E-state index contributed by atoms with van der Waals surface area (Å²) >= 11 is 0. The molecular formula is C21H22N2O3. The second kappa shape index (κ2) is 8.43. The van der Waals surface area contributed by atoms with Crippen molar-refractivity contribution in [3.8, 4) is 5.75 Å². The fraction of sp³-hybridized carbons (Fsp3) is 0.286. The maximum absolute atomic E-state index is 12.6. The average molecular weight is 350 g/mol. The first-order chi connectivity index (χ1) is 12.7. The van der Waals surface area contributed by atoms with E-state index in [9.17, 15) is 9.59 Å². The Labute approximate surface area is 153 Å². The van der Waals surface area contributed by atoms with Crippen molar-refractivity contribution in [1.82, 2.24) is 9.88 Å². The summed E-state index contributed by atoms with van der Waals surface area (Å²) in [5, 5.41) is 0. The van der Waals surface area contributed by atoms with Crippen molar-refractivity contribution in [3.05, 3.63) is 66.0 Å².